The number of hydrogen-bond donors (Lipinski definition) is 3. The molecule has 4 N–H and O–H groups in total. The van der Waals surface area contributed by atoms with E-state index in [1.54, 1.807) is 25.6 Å². The Balaban J connectivity index is 2.51. The number of amides is 3. The first-order valence-corrected chi connectivity index (χ1v) is 8.32. The van der Waals surface area contributed by atoms with Crippen LogP contribution in [0.15, 0.2) is 29.2 Å². The van der Waals surface area contributed by atoms with Crippen molar-refractivity contribution in [3.05, 3.63) is 29.8 Å². The van der Waals surface area contributed by atoms with E-state index in [4.69, 9.17) is 5.73 Å². The number of thioether (sulfide) groups is 1. The average molecular weight is 323 g/mol. The summed E-state index contributed by atoms with van der Waals surface area (Å²) in [5, 5.41) is 5.53. The van der Waals surface area contributed by atoms with Gasteiger partial charge in [0.2, 0.25) is 5.91 Å². The van der Waals surface area contributed by atoms with Crippen molar-refractivity contribution in [2.75, 3.05) is 12.3 Å². The summed E-state index contributed by atoms with van der Waals surface area (Å²) >= 11 is 1.78. The van der Waals surface area contributed by atoms with Crippen LogP contribution in [-0.2, 0) is 4.79 Å². The van der Waals surface area contributed by atoms with Gasteiger partial charge in [0.1, 0.15) is 0 Å². The number of nitrogens with two attached hydrogens (primary N) is 1. The predicted molar refractivity (Wildman–Crippen MR) is 90.8 cm³/mol. The summed E-state index contributed by atoms with van der Waals surface area (Å²) in [6.07, 6.45) is 0. The van der Waals surface area contributed by atoms with Gasteiger partial charge in [-0.25, -0.2) is 4.79 Å². The molecule has 0 radical (unpaired) electrons. The minimum Gasteiger partial charge on any atom is -0.369 e. The first-order chi connectivity index (χ1) is 10.3. The molecule has 0 unspecified atom stereocenters. The molecule has 0 fully saturated rings. The molecular weight excluding hydrogens is 298 g/mol. The van der Waals surface area contributed by atoms with Gasteiger partial charge in [-0.1, -0.05) is 19.1 Å². The number of carbonyl (C=O) groups is 2. The summed E-state index contributed by atoms with van der Waals surface area (Å²) < 4.78 is 0. The van der Waals surface area contributed by atoms with E-state index in [9.17, 15) is 9.59 Å². The maximum Gasteiger partial charge on any atom is 0.315 e. The highest BCUT2D eigenvalue weighted by molar-refractivity contribution is 7.99. The van der Waals surface area contributed by atoms with Crippen LogP contribution in [0.3, 0.4) is 0 Å². The molecule has 0 heterocycles. The Morgan fingerprint density at radius 1 is 1.27 bits per heavy atom. The van der Waals surface area contributed by atoms with Gasteiger partial charge in [-0.2, -0.15) is 0 Å². The quantitative estimate of drug-likeness (QED) is 0.675. The molecule has 1 rings (SSSR count). The van der Waals surface area contributed by atoms with E-state index in [1.165, 1.54) is 4.90 Å². The van der Waals surface area contributed by atoms with Crippen LogP contribution in [0.1, 0.15) is 39.3 Å². The van der Waals surface area contributed by atoms with Crippen LogP contribution >= 0.6 is 11.8 Å². The molecule has 6 heteroatoms. The first kappa shape index (κ1) is 18.4. The number of carbonyl (C=O) groups excluding carboxylic acids is 2. The zero-order valence-corrected chi connectivity index (χ0v) is 14.4. The van der Waals surface area contributed by atoms with E-state index in [-0.39, 0.29) is 18.6 Å². The summed E-state index contributed by atoms with van der Waals surface area (Å²) in [7, 11) is 0. The van der Waals surface area contributed by atoms with Gasteiger partial charge in [0.25, 0.3) is 0 Å². The van der Waals surface area contributed by atoms with Crippen molar-refractivity contribution in [2.45, 2.75) is 38.6 Å². The van der Waals surface area contributed by atoms with Crippen molar-refractivity contribution < 1.29 is 9.59 Å². The lowest BCUT2D eigenvalue weighted by molar-refractivity contribution is -0.125. The van der Waals surface area contributed by atoms with Crippen LogP contribution in [0.5, 0.6) is 0 Å². The average Bonchev–Trinajstić information content (AvgIpc) is 2.46. The largest absolute Gasteiger partial charge is 0.369 e. The number of benzene rings is 1. The van der Waals surface area contributed by atoms with E-state index < -0.39 is 11.3 Å². The standard InChI is InChI=1S/C16H25N3O2S/c1-5-22-13-8-6-12(7-9-13)11(2)19-15(21)18-10-16(3,4)14(17)20/h6-9,11H,5,10H2,1-4H3,(H2,17,20)(H2,18,19,21)/t11-/m1/s1. The van der Waals surface area contributed by atoms with Crippen molar-refractivity contribution in [3.8, 4) is 0 Å². The molecule has 0 spiro atoms. The number of hydrogen-bond acceptors (Lipinski definition) is 3. The van der Waals surface area contributed by atoms with Crippen LogP contribution < -0.4 is 16.4 Å². The lowest BCUT2D eigenvalue weighted by atomic mass is 9.93. The van der Waals surface area contributed by atoms with Gasteiger partial charge in [-0.05, 0) is 44.2 Å². The molecule has 0 aliphatic heterocycles. The van der Waals surface area contributed by atoms with Crippen LogP contribution in [0.2, 0.25) is 0 Å². The summed E-state index contributed by atoms with van der Waals surface area (Å²) in [5.74, 6) is 0.593. The lowest BCUT2D eigenvalue weighted by Crippen LogP contribution is -2.46. The Labute approximate surface area is 136 Å². The topological polar surface area (TPSA) is 84.2 Å². The molecule has 1 aromatic rings. The number of rotatable bonds is 7. The molecule has 0 aliphatic rings. The van der Waals surface area contributed by atoms with Gasteiger partial charge in [-0.3, -0.25) is 4.79 Å². The number of urea groups is 1. The fourth-order valence-electron chi connectivity index (χ4n) is 1.74. The smallest absolute Gasteiger partial charge is 0.315 e. The van der Waals surface area contributed by atoms with Crippen molar-refractivity contribution in [1.82, 2.24) is 10.6 Å². The molecule has 5 nitrogen and oxygen atoms in total. The Kier molecular flexibility index (Phi) is 6.74. The fraction of sp³-hybridized carbons (Fsp3) is 0.500. The molecular formula is C16H25N3O2S. The van der Waals surface area contributed by atoms with E-state index in [1.807, 2.05) is 19.1 Å². The zero-order chi connectivity index (χ0) is 16.8. The highest BCUT2D eigenvalue weighted by Gasteiger charge is 2.25. The Morgan fingerprint density at radius 2 is 1.86 bits per heavy atom. The molecule has 0 aromatic heterocycles. The first-order valence-electron chi connectivity index (χ1n) is 7.33. The fourth-order valence-corrected chi connectivity index (χ4v) is 2.40. The van der Waals surface area contributed by atoms with Crippen LogP contribution in [0, 0.1) is 5.41 Å². The Morgan fingerprint density at radius 3 is 2.36 bits per heavy atom. The van der Waals surface area contributed by atoms with Crippen molar-refractivity contribution in [1.29, 1.82) is 0 Å². The predicted octanol–water partition coefficient (Wildman–Crippen LogP) is 2.67. The van der Waals surface area contributed by atoms with E-state index >= 15 is 0 Å². The van der Waals surface area contributed by atoms with Gasteiger partial charge in [0.05, 0.1) is 11.5 Å². The lowest BCUT2D eigenvalue weighted by Gasteiger charge is -2.22. The van der Waals surface area contributed by atoms with Crippen LogP contribution in [-0.4, -0.2) is 24.2 Å². The number of nitrogens with one attached hydrogen (secondary N) is 2. The second-order valence-corrected chi connectivity index (χ2v) is 7.14. The molecule has 0 aliphatic carbocycles. The number of primary amides is 1. The highest BCUT2D eigenvalue weighted by atomic mass is 32.2. The normalized spacial score (nSPS) is 12.5. The van der Waals surface area contributed by atoms with Gasteiger partial charge in [0.15, 0.2) is 0 Å². The summed E-state index contributed by atoms with van der Waals surface area (Å²) in [6.45, 7) is 7.63. The molecule has 1 aromatic carbocycles. The maximum absolute atomic E-state index is 11.9. The van der Waals surface area contributed by atoms with E-state index in [0.29, 0.717) is 0 Å². The van der Waals surface area contributed by atoms with Gasteiger partial charge in [0, 0.05) is 11.4 Å². The summed E-state index contributed by atoms with van der Waals surface area (Å²) in [4.78, 5) is 24.3. The molecule has 122 valence electrons. The third-order valence-electron chi connectivity index (χ3n) is 3.40. The van der Waals surface area contributed by atoms with E-state index in [2.05, 4.69) is 29.7 Å². The molecule has 3 amide bonds. The van der Waals surface area contributed by atoms with Crippen LogP contribution in [0.4, 0.5) is 4.79 Å². The van der Waals surface area contributed by atoms with Crippen molar-refractivity contribution in [3.63, 3.8) is 0 Å². The Bertz CT molecular complexity index is 515. The zero-order valence-electron chi connectivity index (χ0n) is 13.6. The summed E-state index contributed by atoms with van der Waals surface area (Å²) in [5.41, 5.74) is 5.54. The maximum atomic E-state index is 11.9. The second kappa shape index (κ2) is 8.08. The minimum absolute atomic E-state index is 0.114. The monoisotopic (exact) mass is 323 g/mol. The van der Waals surface area contributed by atoms with Gasteiger partial charge >= 0.3 is 6.03 Å². The summed E-state index contributed by atoms with van der Waals surface area (Å²) in [6, 6.07) is 7.70. The second-order valence-electron chi connectivity index (χ2n) is 5.80. The Hall–Kier alpha value is -1.69. The van der Waals surface area contributed by atoms with E-state index in [0.717, 1.165) is 11.3 Å². The molecule has 0 saturated heterocycles. The third-order valence-corrected chi connectivity index (χ3v) is 4.29. The van der Waals surface area contributed by atoms with Crippen LogP contribution in [0.25, 0.3) is 0 Å². The van der Waals surface area contributed by atoms with Crippen molar-refractivity contribution in [2.24, 2.45) is 11.1 Å². The SMILES string of the molecule is CCSc1ccc([C@@H](C)NC(=O)NCC(C)(C)C(N)=O)cc1. The molecule has 0 saturated carbocycles. The molecule has 22 heavy (non-hydrogen) atoms. The molecule has 1 atom stereocenters. The highest BCUT2D eigenvalue weighted by Crippen LogP contribution is 2.20. The van der Waals surface area contributed by atoms with Gasteiger partial charge in [-0.15, -0.1) is 11.8 Å². The van der Waals surface area contributed by atoms with Crippen molar-refractivity contribution >= 4 is 23.7 Å². The third kappa shape index (κ3) is 5.60. The van der Waals surface area contributed by atoms with Gasteiger partial charge < -0.3 is 16.4 Å². The minimum atomic E-state index is -0.764. The molecule has 0 bridgehead atoms.